The van der Waals surface area contributed by atoms with E-state index in [1.54, 1.807) is 0 Å². The molecular formula is C10H19O12P. The van der Waals surface area contributed by atoms with Crippen LogP contribution in [0.3, 0.4) is 0 Å². The number of rotatable bonds is 7. The van der Waals surface area contributed by atoms with Crippen molar-refractivity contribution in [3.05, 3.63) is 0 Å². The highest BCUT2D eigenvalue weighted by Gasteiger charge is 2.63. The van der Waals surface area contributed by atoms with Crippen molar-refractivity contribution >= 4 is 13.8 Å². The van der Waals surface area contributed by atoms with Crippen molar-refractivity contribution in [2.24, 2.45) is 0 Å². The molecule has 13 heteroatoms. The quantitative estimate of drug-likeness (QED) is 0.223. The molecule has 1 saturated heterocycles. The molecule has 1 aliphatic rings. The van der Waals surface area contributed by atoms with Crippen molar-refractivity contribution in [3.8, 4) is 0 Å². The lowest BCUT2D eigenvalue weighted by molar-refractivity contribution is -0.342. The highest BCUT2D eigenvalue weighted by molar-refractivity contribution is 7.46. The van der Waals surface area contributed by atoms with Crippen LogP contribution in [-0.2, 0) is 23.4 Å². The van der Waals surface area contributed by atoms with Crippen LogP contribution in [0.25, 0.3) is 0 Å². The van der Waals surface area contributed by atoms with Crippen LogP contribution in [-0.4, -0.2) is 91.3 Å². The third-order valence-electron chi connectivity index (χ3n) is 3.26. The molecule has 0 radical (unpaired) electrons. The number of aliphatic hydroxyl groups is 4. The standard InChI is InChI=1S/C10H19O12P/c1-20-4-9(16)3-10(8(14)15,22-23(17,18)19)7(13)6(21-9)5(12)2-11/h5-7,11-13,16H,2-4H2,1H3,(H,14,15)(H2,17,18,19)/t5-,6-,7+,9-,10-/m1/s1. The Balaban J connectivity index is 3.38. The third kappa shape index (κ3) is 4.45. The predicted octanol–water partition coefficient (Wildman–Crippen LogP) is -3.24. The van der Waals surface area contributed by atoms with E-state index in [4.69, 9.17) is 19.6 Å². The predicted molar refractivity (Wildman–Crippen MR) is 68.9 cm³/mol. The van der Waals surface area contributed by atoms with Gasteiger partial charge in [-0.15, -0.1) is 0 Å². The summed E-state index contributed by atoms with van der Waals surface area (Å²) in [6, 6.07) is 0. The van der Waals surface area contributed by atoms with E-state index in [1.165, 1.54) is 0 Å². The Morgan fingerprint density at radius 1 is 1.48 bits per heavy atom. The highest BCUT2D eigenvalue weighted by atomic mass is 31.2. The second-order valence-electron chi connectivity index (χ2n) is 5.11. The smallest absolute Gasteiger partial charge is 0.470 e. The van der Waals surface area contributed by atoms with E-state index in [-0.39, 0.29) is 0 Å². The van der Waals surface area contributed by atoms with E-state index >= 15 is 0 Å². The van der Waals surface area contributed by atoms with Gasteiger partial charge in [0, 0.05) is 13.5 Å². The van der Waals surface area contributed by atoms with Crippen LogP contribution in [0.1, 0.15) is 6.42 Å². The zero-order valence-electron chi connectivity index (χ0n) is 12.0. The normalized spacial score (nSPS) is 36.7. The fraction of sp³-hybridized carbons (Fsp3) is 0.900. The van der Waals surface area contributed by atoms with E-state index in [1.807, 2.05) is 0 Å². The fourth-order valence-electron chi connectivity index (χ4n) is 2.38. The van der Waals surface area contributed by atoms with Crippen LogP contribution in [0, 0.1) is 0 Å². The van der Waals surface area contributed by atoms with Gasteiger partial charge in [-0.25, -0.2) is 9.36 Å². The zero-order chi connectivity index (χ0) is 18.1. The second-order valence-corrected chi connectivity index (χ2v) is 6.27. The Bertz CT molecular complexity index is 478. The van der Waals surface area contributed by atoms with Gasteiger partial charge >= 0.3 is 13.8 Å². The van der Waals surface area contributed by atoms with Gasteiger partial charge in [-0.2, -0.15) is 0 Å². The number of phosphoric ester groups is 1. The summed E-state index contributed by atoms with van der Waals surface area (Å²) < 4.78 is 25.0. The number of hydrogen-bond acceptors (Lipinski definition) is 9. The molecular weight excluding hydrogens is 343 g/mol. The fourth-order valence-corrected chi connectivity index (χ4v) is 3.06. The Hall–Kier alpha value is -0.660. The van der Waals surface area contributed by atoms with E-state index in [0.717, 1.165) is 7.11 Å². The third-order valence-corrected chi connectivity index (χ3v) is 3.83. The summed E-state index contributed by atoms with van der Waals surface area (Å²) in [5.41, 5.74) is -3.01. The van der Waals surface area contributed by atoms with E-state index in [0.29, 0.717) is 0 Å². The maximum atomic E-state index is 11.5. The Morgan fingerprint density at radius 3 is 2.43 bits per heavy atom. The van der Waals surface area contributed by atoms with Crippen molar-refractivity contribution in [3.63, 3.8) is 0 Å². The lowest BCUT2D eigenvalue weighted by atomic mass is 9.81. The Labute approximate surface area is 130 Å². The van der Waals surface area contributed by atoms with Gasteiger partial charge in [0.25, 0.3) is 0 Å². The molecule has 5 atom stereocenters. The first-order valence-corrected chi connectivity index (χ1v) is 7.79. The molecule has 1 heterocycles. The average Bonchev–Trinajstić information content (AvgIpc) is 2.40. The number of methoxy groups -OCH3 is 1. The molecule has 0 aromatic rings. The first kappa shape index (κ1) is 20.4. The van der Waals surface area contributed by atoms with Gasteiger partial charge in [0.15, 0.2) is 5.79 Å². The summed E-state index contributed by atoms with van der Waals surface area (Å²) in [6.45, 7) is -1.65. The maximum Gasteiger partial charge on any atom is 0.470 e. The molecule has 1 aliphatic heterocycles. The molecule has 0 bridgehead atoms. The van der Waals surface area contributed by atoms with Crippen LogP contribution >= 0.6 is 7.82 Å². The number of hydrogen-bond donors (Lipinski definition) is 7. The number of carboxylic acids is 1. The van der Waals surface area contributed by atoms with Gasteiger partial charge in [-0.3, -0.25) is 4.52 Å². The highest BCUT2D eigenvalue weighted by Crippen LogP contribution is 2.49. The van der Waals surface area contributed by atoms with Gasteiger partial charge in [-0.05, 0) is 0 Å². The van der Waals surface area contributed by atoms with Crippen molar-refractivity contribution in [1.29, 1.82) is 0 Å². The molecule has 0 aromatic heterocycles. The summed E-state index contributed by atoms with van der Waals surface area (Å²) >= 11 is 0. The van der Waals surface area contributed by atoms with Gasteiger partial charge in [0.05, 0.1) is 6.61 Å². The van der Waals surface area contributed by atoms with E-state index in [9.17, 15) is 29.8 Å². The summed E-state index contributed by atoms with van der Waals surface area (Å²) in [7, 11) is -4.30. The summed E-state index contributed by atoms with van der Waals surface area (Å²) in [6.07, 6.45) is -7.21. The molecule has 12 nitrogen and oxygen atoms in total. The van der Waals surface area contributed by atoms with Crippen LogP contribution in [0.2, 0.25) is 0 Å². The second kappa shape index (κ2) is 7.07. The average molecular weight is 362 g/mol. The lowest BCUT2D eigenvalue weighted by Gasteiger charge is -2.49. The molecule has 1 fully saturated rings. The van der Waals surface area contributed by atoms with Crippen molar-refractivity contribution in [1.82, 2.24) is 0 Å². The summed E-state index contributed by atoms with van der Waals surface area (Å²) in [5, 5.41) is 48.3. The van der Waals surface area contributed by atoms with Gasteiger partial charge in [0.2, 0.25) is 5.60 Å². The molecule has 23 heavy (non-hydrogen) atoms. The first-order chi connectivity index (χ1) is 10.4. The number of phosphoric acid groups is 1. The first-order valence-electron chi connectivity index (χ1n) is 6.26. The molecule has 0 amide bonds. The monoisotopic (exact) mass is 362 g/mol. The minimum atomic E-state index is -5.42. The molecule has 0 unspecified atom stereocenters. The molecule has 136 valence electrons. The Kier molecular flexibility index (Phi) is 6.27. The SMILES string of the molecule is COC[C@@]1(O)C[C@](OP(=O)(O)O)(C(=O)O)[C@@H](O)[C@@H]([C@H](O)CO)O1. The number of carbonyl (C=O) groups is 1. The van der Waals surface area contributed by atoms with Crippen molar-refractivity contribution in [2.45, 2.75) is 36.1 Å². The minimum Gasteiger partial charge on any atom is -0.479 e. The molecule has 0 aliphatic carbocycles. The molecule has 0 saturated carbocycles. The molecule has 0 spiro atoms. The van der Waals surface area contributed by atoms with Crippen LogP contribution < -0.4 is 0 Å². The van der Waals surface area contributed by atoms with Crippen LogP contribution in [0.4, 0.5) is 0 Å². The van der Waals surface area contributed by atoms with Crippen molar-refractivity contribution < 1.29 is 58.7 Å². The van der Waals surface area contributed by atoms with Gasteiger partial charge in [-0.1, -0.05) is 0 Å². The number of aliphatic hydroxyl groups excluding tert-OH is 3. The van der Waals surface area contributed by atoms with Crippen molar-refractivity contribution in [2.75, 3.05) is 20.3 Å². The van der Waals surface area contributed by atoms with Crippen LogP contribution in [0.5, 0.6) is 0 Å². The van der Waals surface area contributed by atoms with Gasteiger partial charge < -0.3 is 44.8 Å². The number of ether oxygens (including phenoxy) is 2. The summed E-state index contributed by atoms with van der Waals surface area (Å²) in [4.78, 5) is 29.4. The minimum absolute atomic E-state index is 0.659. The molecule has 7 N–H and O–H groups in total. The van der Waals surface area contributed by atoms with E-state index in [2.05, 4.69) is 9.26 Å². The van der Waals surface area contributed by atoms with Gasteiger partial charge in [0.1, 0.15) is 24.9 Å². The summed E-state index contributed by atoms with van der Waals surface area (Å²) in [5.74, 6) is -4.47. The Morgan fingerprint density at radius 2 is 2.04 bits per heavy atom. The largest absolute Gasteiger partial charge is 0.479 e. The topological polar surface area (TPSA) is 203 Å². The molecule has 0 aromatic carbocycles. The zero-order valence-corrected chi connectivity index (χ0v) is 12.9. The van der Waals surface area contributed by atoms with E-state index < -0.39 is 63.1 Å². The van der Waals surface area contributed by atoms with Crippen LogP contribution in [0.15, 0.2) is 0 Å². The maximum absolute atomic E-state index is 11.5. The number of carboxylic acid groups (broad SMARTS) is 1. The number of aliphatic carboxylic acids is 1. The lowest BCUT2D eigenvalue weighted by Crippen LogP contribution is -2.69. The molecule has 1 rings (SSSR count).